The van der Waals surface area contributed by atoms with E-state index in [1.807, 2.05) is 18.7 Å². The summed E-state index contributed by atoms with van der Waals surface area (Å²) < 4.78 is 18.6. The minimum atomic E-state index is -0.271. The number of rotatable bonds is 4. The summed E-state index contributed by atoms with van der Waals surface area (Å²) in [5.41, 5.74) is 1.66. The lowest BCUT2D eigenvalue weighted by Crippen LogP contribution is -2.48. The van der Waals surface area contributed by atoms with Gasteiger partial charge in [0.2, 0.25) is 5.91 Å². The highest BCUT2D eigenvalue weighted by atomic mass is 32.2. The number of benzene rings is 1. The van der Waals surface area contributed by atoms with Gasteiger partial charge in [0.05, 0.1) is 29.9 Å². The van der Waals surface area contributed by atoms with Crippen molar-refractivity contribution in [3.8, 4) is 11.3 Å². The zero-order valence-electron chi connectivity index (χ0n) is 13.7. The third kappa shape index (κ3) is 4.15. The number of aromatic nitrogens is 2. The molecular formula is C17H20FN3O2S. The van der Waals surface area contributed by atoms with E-state index in [4.69, 9.17) is 4.74 Å². The monoisotopic (exact) mass is 349 g/mol. The third-order valence-electron chi connectivity index (χ3n) is 3.81. The first kappa shape index (κ1) is 17.0. The molecule has 0 radical (unpaired) electrons. The van der Waals surface area contributed by atoms with Crippen LogP contribution < -0.4 is 0 Å². The Morgan fingerprint density at radius 1 is 1.33 bits per heavy atom. The molecule has 2 aromatic rings. The molecule has 1 amide bonds. The van der Waals surface area contributed by atoms with Crippen LogP contribution in [0.4, 0.5) is 4.39 Å². The molecule has 0 spiro atoms. The predicted molar refractivity (Wildman–Crippen MR) is 91.3 cm³/mol. The fourth-order valence-corrected chi connectivity index (χ4v) is 3.51. The van der Waals surface area contributed by atoms with E-state index in [-0.39, 0.29) is 23.9 Å². The molecule has 0 bridgehead atoms. The van der Waals surface area contributed by atoms with E-state index >= 15 is 0 Å². The Balaban J connectivity index is 1.57. The number of nitrogens with zero attached hydrogens (tertiary/aromatic N) is 2. The van der Waals surface area contributed by atoms with Crippen molar-refractivity contribution < 1.29 is 13.9 Å². The maximum Gasteiger partial charge on any atom is 0.233 e. The molecule has 1 aliphatic heterocycles. The lowest BCUT2D eigenvalue weighted by molar-refractivity contribution is -0.140. The van der Waals surface area contributed by atoms with Crippen LogP contribution >= 0.6 is 11.8 Å². The molecule has 2 unspecified atom stereocenters. The molecule has 1 aliphatic rings. The maximum atomic E-state index is 13.0. The van der Waals surface area contributed by atoms with Crippen molar-refractivity contribution in [1.82, 2.24) is 14.9 Å². The summed E-state index contributed by atoms with van der Waals surface area (Å²) in [6, 6.07) is 6.21. The summed E-state index contributed by atoms with van der Waals surface area (Å²) in [6.07, 6.45) is 1.83. The molecule has 5 nitrogen and oxygen atoms in total. The fraction of sp³-hybridized carbons (Fsp3) is 0.412. The minimum Gasteiger partial charge on any atom is -0.372 e. The number of aromatic amines is 1. The number of halogens is 1. The highest BCUT2D eigenvalue weighted by Gasteiger charge is 2.25. The van der Waals surface area contributed by atoms with Gasteiger partial charge in [-0.3, -0.25) is 4.79 Å². The second kappa shape index (κ2) is 7.36. The topological polar surface area (TPSA) is 58.2 Å². The molecule has 2 heterocycles. The van der Waals surface area contributed by atoms with Crippen molar-refractivity contribution in [2.75, 3.05) is 18.8 Å². The molecule has 1 aromatic heterocycles. The summed E-state index contributed by atoms with van der Waals surface area (Å²) in [6.45, 7) is 5.21. The van der Waals surface area contributed by atoms with Gasteiger partial charge >= 0.3 is 0 Å². The first-order valence-corrected chi connectivity index (χ1v) is 8.87. The standard InChI is InChI=1S/C17H20FN3O2S/c1-11-8-21(9-12(2)23-11)16(22)10-24-17-19-7-15(20-17)13-3-5-14(18)6-4-13/h3-7,11-12H,8-10H2,1-2H3,(H,19,20). The van der Waals surface area contributed by atoms with Gasteiger partial charge in [0.15, 0.2) is 5.16 Å². The van der Waals surface area contributed by atoms with Gasteiger partial charge in [0.1, 0.15) is 5.82 Å². The van der Waals surface area contributed by atoms with Crippen molar-refractivity contribution in [3.05, 3.63) is 36.3 Å². The number of imidazole rings is 1. The Morgan fingerprint density at radius 3 is 2.67 bits per heavy atom. The normalized spacial score (nSPS) is 21.0. The second-order valence-corrected chi connectivity index (χ2v) is 6.92. The number of carbonyl (C=O) groups excluding carboxylic acids is 1. The summed E-state index contributed by atoms with van der Waals surface area (Å²) in [5.74, 6) is 0.143. The molecule has 0 aliphatic carbocycles. The van der Waals surface area contributed by atoms with E-state index in [1.165, 1.54) is 23.9 Å². The number of hydrogen-bond donors (Lipinski definition) is 1. The average molecular weight is 349 g/mol. The molecule has 1 N–H and O–H groups in total. The molecule has 3 rings (SSSR count). The smallest absolute Gasteiger partial charge is 0.233 e. The van der Waals surface area contributed by atoms with Crippen molar-refractivity contribution in [3.63, 3.8) is 0 Å². The van der Waals surface area contributed by atoms with Gasteiger partial charge in [0, 0.05) is 13.1 Å². The highest BCUT2D eigenvalue weighted by molar-refractivity contribution is 7.99. The molecule has 1 fully saturated rings. The minimum absolute atomic E-state index is 0.0661. The zero-order valence-corrected chi connectivity index (χ0v) is 14.5. The number of H-pyrrole nitrogens is 1. The third-order valence-corrected chi connectivity index (χ3v) is 4.68. The van der Waals surface area contributed by atoms with Crippen molar-refractivity contribution in [2.24, 2.45) is 0 Å². The van der Waals surface area contributed by atoms with Crippen LogP contribution in [0.15, 0.2) is 35.6 Å². The van der Waals surface area contributed by atoms with E-state index in [0.717, 1.165) is 11.3 Å². The Labute approximate surface area is 144 Å². The van der Waals surface area contributed by atoms with E-state index in [2.05, 4.69) is 9.97 Å². The van der Waals surface area contributed by atoms with Crippen LogP contribution in [-0.4, -0.2) is 51.8 Å². The van der Waals surface area contributed by atoms with Gasteiger partial charge in [-0.15, -0.1) is 0 Å². The van der Waals surface area contributed by atoms with Gasteiger partial charge < -0.3 is 14.6 Å². The maximum absolute atomic E-state index is 13.0. The molecule has 2 atom stereocenters. The molecular weight excluding hydrogens is 329 g/mol. The van der Waals surface area contributed by atoms with Crippen LogP contribution in [0.25, 0.3) is 11.3 Å². The summed E-state index contributed by atoms with van der Waals surface area (Å²) in [4.78, 5) is 21.6. The second-order valence-electron chi connectivity index (χ2n) is 5.95. The first-order valence-electron chi connectivity index (χ1n) is 7.88. The number of thioether (sulfide) groups is 1. The van der Waals surface area contributed by atoms with Gasteiger partial charge in [-0.1, -0.05) is 11.8 Å². The molecule has 128 valence electrons. The molecule has 24 heavy (non-hydrogen) atoms. The Hall–Kier alpha value is -1.86. The van der Waals surface area contributed by atoms with Crippen LogP contribution in [0.3, 0.4) is 0 Å². The quantitative estimate of drug-likeness (QED) is 0.862. The summed E-state index contributed by atoms with van der Waals surface area (Å²) in [7, 11) is 0. The van der Waals surface area contributed by atoms with Crippen molar-refractivity contribution >= 4 is 17.7 Å². The van der Waals surface area contributed by atoms with E-state index < -0.39 is 0 Å². The number of nitrogens with one attached hydrogen (secondary N) is 1. The number of ether oxygens (including phenoxy) is 1. The van der Waals surface area contributed by atoms with Gasteiger partial charge in [0.25, 0.3) is 0 Å². The SMILES string of the molecule is CC1CN(C(=O)CSc2ncc(-c3ccc(F)cc3)[nH]2)CC(C)O1. The van der Waals surface area contributed by atoms with Crippen LogP contribution in [-0.2, 0) is 9.53 Å². The fourth-order valence-electron chi connectivity index (χ4n) is 2.76. The Morgan fingerprint density at radius 2 is 2.00 bits per heavy atom. The zero-order chi connectivity index (χ0) is 17.1. The van der Waals surface area contributed by atoms with E-state index in [1.54, 1.807) is 18.3 Å². The van der Waals surface area contributed by atoms with E-state index in [0.29, 0.717) is 24.0 Å². The Bertz CT molecular complexity index is 694. The van der Waals surface area contributed by atoms with Crippen LogP contribution in [0.1, 0.15) is 13.8 Å². The van der Waals surface area contributed by atoms with Crippen molar-refractivity contribution in [1.29, 1.82) is 0 Å². The summed E-state index contributed by atoms with van der Waals surface area (Å²) >= 11 is 1.37. The molecule has 7 heteroatoms. The molecule has 1 saturated heterocycles. The van der Waals surface area contributed by atoms with Crippen LogP contribution in [0.5, 0.6) is 0 Å². The van der Waals surface area contributed by atoms with Crippen LogP contribution in [0, 0.1) is 5.82 Å². The van der Waals surface area contributed by atoms with E-state index in [9.17, 15) is 9.18 Å². The number of amides is 1. The van der Waals surface area contributed by atoms with Gasteiger partial charge in [-0.2, -0.15) is 0 Å². The Kier molecular flexibility index (Phi) is 5.20. The average Bonchev–Trinajstić information content (AvgIpc) is 3.01. The molecule has 1 aromatic carbocycles. The number of morpholine rings is 1. The van der Waals surface area contributed by atoms with Gasteiger partial charge in [-0.25, -0.2) is 9.37 Å². The molecule has 0 saturated carbocycles. The summed E-state index contributed by atoms with van der Waals surface area (Å²) in [5, 5.41) is 0.678. The lowest BCUT2D eigenvalue weighted by Gasteiger charge is -2.35. The number of carbonyl (C=O) groups is 1. The first-order chi connectivity index (χ1) is 11.5. The number of hydrogen-bond acceptors (Lipinski definition) is 4. The predicted octanol–water partition coefficient (Wildman–Crippen LogP) is 2.94. The van der Waals surface area contributed by atoms with Crippen molar-refractivity contribution in [2.45, 2.75) is 31.2 Å². The largest absolute Gasteiger partial charge is 0.372 e. The van der Waals surface area contributed by atoms with Gasteiger partial charge in [-0.05, 0) is 43.7 Å². The lowest BCUT2D eigenvalue weighted by atomic mass is 10.2. The highest BCUT2D eigenvalue weighted by Crippen LogP contribution is 2.22. The van der Waals surface area contributed by atoms with Crippen LogP contribution in [0.2, 0.25) is 0 Å².